The summed E-state index contributed by atoms with van der Waals surface area (Å²) in [7, 11) is 0. The van der Waals surface area contributed by atoms with Crippen LogP contribution in [-0.4, -0.2) is 17.7 Å². The number of fused-ring (bicyclic) bond motifs is 1. The molecule has 0 saturated carbocycles. The number of hydrogen-bond donors (Lipinski definition) is 0. The molecule has 84 valence electrons. The first-order chi connectivity index (χ1) is 7.43. The average Bonchev–Trinajstić information content (AvgIpc) is 2.18. The summed E-state index contributed by atoms with van der Waals surface area (Å²) in [4.78, 5) is 15.2. The molecule has 5 heteroatoms. The molecule has 0 amide bonds. The van der Waals surface area contributed by atoms with E-state index in [1.807, 2.05) is 0 Å². The quantitative estimate of drug-likeness (QED) is 0.747. The van der Waals surface area contributed by atoms with Crippen molar-refractivity contribution < 1.29 is 9.53 Å². The Morgan fingerprint density at radius 3 is 2.81 bits per heavy atom. The third-order valence-corrected chi connectivity index (χ3v) is 3.36. The zero-order chi connectivity index (χ0) is 11.9. The van der Waals surface area contributed by atoms with Crippen molar-refractivity contribution in [2.24, 2.45) is 4.99 Å². The Labute approximate surface area is 107 Å². The van der Waals surface area contributed by atoms with Crippen molar-refractivity contribution in [3.05, 3.63) is 27.2 Å². The lowest BCUT2D eigenvalue weighted by molar-refractivity contribution is -0.102. The summed E-state index contributed by atoms with van der Waals surface area (Å²) in [6.07, 6.45) is 0.726. The van der Waals surface area contributed by atoms with Crippen molar-refractivity contribution in [3.63, 3.8) is 0 Å². The molecule has 3 nitrogen and oxygen atoms in total. The number of halogens is 2. The van der Waals surface area contributed by atoms with E-state index in [1.165, 1.54) is 0 Å². The summed E-state index contributed by atoms with van der Waals surface area (Å²) >= 11 is 9.28. The van der Waals surface area contributed by atoms with E-state index < -0.39 is 5.72 Å². The first kappa shape index (κ1) is 11.6. The molecule has 1 aliphatic heterocycles. The van der Waals surface area contributed by atoms with Crippen molar-refractivity contribution in [2.75, 3.05) is 0 Å². The predicted molar refractivity (Wildman–Crippen MR) is 66.5 cm³/mol. The number of ether oxygens (including phenoxy) is 1. The largest absolute Gasteiger partial charge is 0.466 e. The van der Waals surface area contributed by atoms with Crippen LogP contribution in [0.4, 0.5) is 0 Å². The molecule has 1 aromatic rings. The standard InChI is InChI=1S/C11H9BrClNO2/c1-11(2)14-9(5-15)6-3-7(12)8(13)4-10(6)16-11/h3-5H,1-2H3. The number of hydrogen-bond acceptors (Lipinski definition) is 3. The second-order valence-corrected chi connectivity index (χ2v) is 5.19. The summed E-state index contributed by atoms with van der Waals surface area (Å²) in [5.41, 5.74) is 0.301. The van der Waals surface area contributed by atoms with Gasteiger partial charge in [0.15, 0.2) is 12.0 Å². The monoisotopic (exact) mass is 301 g/mol. The summed E-state index contributed by atoms with van der Waals surface area (Å²) in [6.45, 7) is 3.57. The average molecular weight is 303 g/mol. The highest BCUT2D eigenvalue weighted by molar-refractivity contribution is 9.10. The van der Waals surface area contributed by atoms with Gasteiger partial charge in [-0.05, 0) is 35.8 Å². The van der Waals surface area contributed by atoms with Gasteiger partial charge in [-0.3, -0.25) is 4.79 Å². The number of aldehydes is 1. The summed E-state index contributed by atoms with van der Waals surface area (Å²) in [5, 5.41) is 0.543. The van der Waals surface area contributed by atoms with Gasteiger partial charge in [0, 0.05) is 16.1 Å². The van der Waals surface area contributed by atoms with E-state index in [2.05, 4.69) is 20.9 Å². The number of carbonyl (C=O) groups excluding carboxylic acids is 1. The number of benzene rings is 1. The summed E-state index contributed by atoms with van der Waals surface area (Å²) in [5.74, 6) is 0.579. The van der Waals surface area contributed by atoms with Gasteiger partial charge in [-0.25, -0.2) is 4.99 Å². The third-order valence-electron chi connectivity index (χ3n) is 2.16. The highest BCUT2D eigenvalue weighted by atomic mass is 79.9. The predicted octanol–water partition coefficient (Wildman–Crippen LogP) is 3.22. The molecule has 16 heavy (non-hydrogen) atoms. The van der Waals surface area contributed by atoms with E-state index >= 15 is 0 Å². The van der Waals surface area contributed by atoms with Crippen LogP contribution in [0.2, 0.25) is 5.02 Å². The van der Waals surface area contributed by atoms with Gasteiger partial charge in [-0.1, -0.05) is 11.6 Å². The molecule has 0 atom stereocenters. The van der Waals surface area contributed by atoms with Crippen LogP contribution >= 0.6 is 27.5 Å². The fourth-order valence-electron chi connectivity index (χ4n) is 1.55. The minimum absolute atomic E-state index is 0.378. The molecule has 1 aromatic carbocycles. The summed E-state index contributed by atoms with van der Waals surface area (Å²) in [6, 6.07) is 3.42. The van der Waals surface area contributed by atoms with Crippen LogP contribution < -0.4 is 4.74 Å². The van der Waals surface area contributed by atoms with Crippen LogP contribution in [0.25, 0.3) is 0 Å². The molecule has 0 spiro atoms. The maximum Gasteiger partial charge on any atom is 0.195 e. The lowest BCUT2D eigenvalue weighted by Gasteiger charge is -2.28. The van der Waals surface area contributed by atoms with Crippen LogP contribution in [0.15, 0.2) is 21.6 Å². The van der Waals surface area contributed by atoms with Crippen LogP contribution in [0.5, 0.6) is 5.75 Å². The van der Waals surface area contributed by atoms with E-state index in [-0.39, 0.29) is 0 Å². The summed E-state index contributed by atoms with van der Waals surface area (Å²) < 4.78 is 6.35. The van der Waals surface area contributed by atoms with Gasteiger partial charge >= 0.3 is 0 Å². The van der Waals surface area contributed by atoms with Crippen molar-refractivity contribution >= 4 is 39.5 Å². The van der Waals surface area contributed by atoms with Crippen LogP contribution in [0, 0.1) is 0 Å². The fourth-order valence-corrected chi connectivity index (χ4v) is 2.04. The highest BCUT2D eigenvalue weighted by Gasteiger charge is 2.28. The first-order valence-electron chi connectivity index (χ1n) is 4.66. The Kier molecular flexibility index (Phi) is 2.80. The second-order valence-electron chi connectivity index (χ2n) is 3.93. The van der Waals surface area contributed by atoms with E-state index in [0.29, 0.717) is 26.5 Å². The molecule has 0 radical (unpaired) electrons. The van der Waals surface area contributed by atoms with E-state index in [9.17, 15) is 4.79 Å². The Bertz CT molecular complexity index is 497. The van der Waals surface area contributed by atoms with Crippen molar-refractivity contribution in [1.29, 1.82) is 0 Å². The van der Waals surface area contributed by atoms with Crippen LogP contribution in [0.1, 0.15) is 19.4 Å². The Hall–Kier alpha value is -0.870. The molecule has 2 rings (SSSR count). The minimum atomic E-state index is -0.736. The van der Waals surface area contributed by atoms with E-state index in [0.717, 1.165) is 6.29 Å². The highest BCUT2D eigenvalue weighted by Crippen LogP contribution is 2.36. The molecule has 0 aliphatic carbocycles. The fraction of sp³-hybridized carbons (Fsp3) is 0.273. The topological polar surface area (TPSA) is 38.7 Å². The Balaban J connectivity index is 2.65. The molecule has 0 fully saturated rings. The van der Waals surface area contributed by atoms with Crippen molar-refractivity contribution in [1.82, 2.24) is 0 Å². The molecule has 0 saturated heterocycles. The van der Waals surface area contributed by atoms with Crippen LogP contribution in [-0.2, 0) is 4.79 Å². The van der Waals surface area contributed by atoms with Gasteiger partial charge in [0.05, 0.1) is 5.02 Å². The normalized spacial score (nSPS) is 17.1. The molecular formula is C11H9BrClNO2. The molecule has 0 bridgehead atoms. The van der Waals surface area contributed by atoms with Crippen molar-refractivity contribution in [3.8, 4) is 5.75 Å². The molecule has 1 heterocycles. The zero-order valence-corrected chi connectivity index (χ0v) is 11.1. The number of aliphatic imine (C=N–C) groups is 1. The third kappa shape index (κ3) is 1.99. The smallest absolute Gasteiger partial charge is 0.195 e. The lowest BCUT2D eigenvalue weighted by Crippen LogP contribution is -2.32. The maximum absolute atomic E-state index is 11.0. The molecule has 0 aromatic heterocycles. The Morgan fingerprint density at radius 2 is 2.19 bits per heavy atom. The SMILES string of the molecule is CC1(C)N=C(C=O)c2cc(Br)c(Cl)cc2O1. The molecular weight excluding hydrogens is 293 g/mol. The molecule has 1 aliphatic rings. The van der Waals surface area contributed by atoms with Gasteiger partial charge < -0.3 is 4.74 Å². The maximum atomic E-state index is 11.0. The van der Waals surface area contributed by atoms with Gasteiger partial charge in [-0.2, -0.15) is 0 Å². The van der Waals surface area contributed by atoms with Crippen LogP contribution in [0.3, 0.4) is 0 Å². The Morgan fingerprint density at radius 1 is 1.50 bits per heavy atom. The van der Waals surface area contributed by atoms with Gasteiger partial charge in [0.25, 0.3) is 0 Å². The number of carbonyl (C=O) groups is 1. The van der Waals surface area contributed by atoms with Crippen molar-refractivity contribution in [2.45, 2.75) is 19.6 Å². The van der Waals surface area contributed by atoms with E-state index in [1.54, 1.807) is 26.0 Å². The first-order valence-corrected chi connectivity index (χ1v) is 5.83. The molecule has 0 N–H and O–H groups in total. The zero-order valence-electron chi connectivity index (χ0n) is 8.75. The second kappa shape index (κ2) is 3.86. The van der Waals surface area contributed by atoms with Gasteiger partial charge in [0.2, 0.25) is 0 Å². The number of rotatable bonds is 1. The molecule has 0 unspecified atom stereocenters. The number of nitrogens with zero attached hydrogens (tertiary/aromatic N) is 1. The van der Waals surface area contributed by atoms with E-state index in [4.69, 9.17) is 16.3 Å². The van der Waals surface area contributed by atoms with Gasteiger partial charge in [0.1, 0.15) is 11.5 Å². The van der Waals surface area contributed by atoms with Gasteiger partial charge in [-0.15, -0.1) is 0 Å². The lowest BCUT2D eigenvalue weighted by atomic mass is 10.1. The minimum Gasteiger partial charge on any atom is -0.466 e.